The number of imidazole rings is 1. The van der Waals surface area contributed by atoms with Crippen LogP contribution in [0.4, 0.5) is 0 Å². The van der Waals surface area contributed by atoms with Crippen molar-refractivity contribution in [1.82, 2.24) is 24.4 Å². The van der Waals surface area contributed by atoms with Crippen molar-refractivity contribution in [2.24, 2.45) is 10.6 Å². The van der Waals surface area contributed by atoms with Crippen LogP contribution < -0.4 is 11.4 Å². The predicted molar refractivity (Wildman–Crippen MR) is 76.5 cm³/mol. The minimum atomic E-state index is -0.804. The van der Waals surface area contributed by atoms with Crippen LogP contribution in [-0.4, -0.2) is 50.6 Å². The molecule has 0 atom stereocenters. The van der Waals surface area contributed by atoms with Gasteiger partial charge in [0.2, 0.25) is 0 Å². The molecule has 2 heterocycles. The topological polar surface area (TPSA) is 147 Å². The van der Waals surface area contributed by atoms with Gasteiger partial charge in [0.05, 0.1) is 0 Å². The summed E-state index contributed by atoms with van der Waals surface area (Å²) in [5, 5.41) is 7.41. The third kappa shape index (κ3) is 3.72. The number of hydrogen-bond acceptors (Lipinski definition) is 8. The molecule has 2 N–H and O–H groups in total. The number of fused-ring (bicyclic) bond motifs is 1. The second kappa shape index (κ2) is 7.20. The molecular formula is C11H11BN7O4. The van der Waals surface area contributed by atoms with Crippen molar-refractivity contribution >= 4 is 25.2 Å². The summed E-state index contributed by atoms with van der Waals surface area (Å²) < 4.78 is 6.69. The van der Waals surface area contributed by atoms with Crippen LogP contribution in [0.2, 0.25) is 0 Å². The van der Waals surface area contributed by atoms with Crippen LogP contribution in [0.15, 0.2) is 28.2 Å². The zero-order valence-corrected chi connectivity index (χ0v) is 11.8. The summed E-state index contributed by atoms with van der Waals surface area (Å²) in [6.07, 6.45) is 4.17. The van der Waals surface area contributed by atoms with Crippen LogP contribution in [0, 0.1) is 0 Å². The number of esters is 1. The first kappa shape index (κ1) is 16.2. The van der Waals surface area contributed by atoms with E-state index in [0.29, 0.717) is 0 Å². The summed E-state index contributed by atoms with van der Waals surface area (Å²) in [7, 11) is 4.83. The summed E-state index contributed by atoms with van der Waals surface area (Å²) in [6.45, 7) is -0.141. The molecule has 0 unspecified atom stereocenters. The number of allylic oxidation sites excluding steroid dienone is 1. The number of nitrogens with two attached hydrogens (primary N) is 1. The van der Waals surface area contributed by atoms with Gasteiger partial charge in [-0.2, -0.15) is 0 Å². The fraction of sp³-hybridized carbons (Fsp3) is 0.273. The number of carbonyl (C=O) groups is 2. The van der Waals surface area contributed by atoms with Gasteiger partial charge in [-0.1, -0.05) is 0 Å². The molecule has 0 saturated heterocycles. The van der Waals surface area contributed by atoms with Gasteiger partial charge in [-0.3, -0.25) is 4.79 Å². The monoisotopic (exact) mass is 316 g/mol. The first-order chi connectivity index (χ1) is 11.0. The molecule has 0 spiro atoms. The molecule has 0 aromatic carbocycles. The normalized spacial score (nSPS) is 10.9. The molecule has 0 bridgehead atoms. The average Bonchev–Trinajstić information content (AvgIpc) is 2.96. The van der Waals surface area contributed by atoms with E-state index < -0.39 is 17.6 Å². The Hall–Kier alpha value is -3.18. The molecule has 117 valence electrons. The van der Waals surface area contributed by atoms with Crippen LogP contribution in [-0.2, 0) is 16.1 Å². The number of primary amides is 1. The van der Waals surface area contributed by atoms with Gasteiger partial charge in [-0.05, 0) is 0 Å². The molecule has 2 aromatic heterocycles. The first-order valence-corrected chi connectivity index (χ1v) is 6.32. The second-order valence-electron chi connectivity index (χ2n) is 4.21. The molecule has 11 nitrogen and oxygen atoms in total. The minimum absolute atomic E-state index is 0.00313. The summed E-state index contributed by atoms with van der Waals surface area (Å²) in [5.41, 5.74) is 4.41. The van der Waals surface area contributed by atoms with Gasteiger partial charge in [0, 0.05) is 0 Å². The van der Waals surface area contributed by atoms with Crippen molar-refractivity contribution in [3.05, 3.63) is 34.7 Å². The Kier molecular flexibility index (Phi) is 5.07. The number of aromatic nitrogens is 5. The van der Waals surface area contributed by atoms with Gasteiger partial charge in [0.15, 0.2) is 5.69 Å². The maximum absolute atomic E-state index is 12.1. The molecule has 1 radical (unpaired) electrons. The SMILES string of the molecule is [B]=NCOC(=O)C/C=C\Cn1nnc2c(C(N)=O)ncn2c1=O. The van der Waals surface area contributed by atoms with Crippen molar-refractivity contribution in [2.75, 3.05) is 6.73 Å². The van der Waals surface area contributed by atoms with E-state index in [0.717, 1.165) is 15.4 Å². The average molecular weight is 316 g/mol. The zero-order valence-electron chi connectivity index (χ0n) is 11.8. The molecule has 0 aliphatic carbocycles. The summed E-state index contributed by atoms with van der Waals surface area (Å²) in [5.74, 6) is -1.31. The molecule has 2 aromatic rings. The maximum atomic E-state index is 12.1. The molecule has 1 amide bonds. The van der Waals surface area contributed by atoms with Crippen LogP contribution in [0.25, 0.3) is 5.65 Å². The summed E-state index contributed by atoms with van der Waals surface area (Å²) in [4.78, 5) is 41.3. The van der Waals surface area contributed by atoms with Gasteiger partial charge >= 0.3 is 102 Å². The Morgan fingerprint density at radius 2 is 2.22 bits per heavy atom. The van der Waals surface area contributed by atoms with Crippen LogP contribution in [0.5, 0.6) is 0 Å². The molecule has 0 saturated carbocycles. The Morgan fingerprint density at radius 3 is 2.91 bits per heavy atom. The van der Waals surface area contributed by atoms with E-state index in [-0.39, 0.29) is 31.0 Å². The molecule has 0 fully saturated rings. The number of rotatable bonds is 7. The Morgan fingerprint density at radius 1 is 1.43 bits per heavy atom. The van der Waals surface area contributed by atoms with Gasteiger partial charge in [0.25, 0.3) is 5.91 Å². The fourth-order valence-electron chi connectivity index (χ4n) is 1.65. The molecular weight excluding hydrogens is 305 g/mol. The zero-order chi connectivity index (χ0) is 16.8. The number of amides is 1. The number of hydrogen-bond donors (Lipinski definition) is 1. The van der Waals surface area contributed by atoms with E-state index in [1.165, 1.54) is 12.2 Å². The van der Waals surface area contributed by atoms with Crippen molar-refractivity contribution in [3.63, 3.8) is 0 Å². The number of carbonyl (C=O) groups excluding carboxylic acids is 2. The van der Waals surface area contributed by atoms with E-state index in [2.05, 4.69) is 24.9 Å². The van der Waals surface area contributed by atoms with E-state index in [9.17, 15) is 14.4 Å². The van der Waals surface area contributed by atoms with Crippen molar-refractivity contribution in [1.29, 1.82) is 0 Å². The Labute approximate surface area is 129 Å². The molecule has 0 aliphatic rings. The predicted octanol–water partition coefficient (Wildman–Crippen LogP) is -1.82. The summed E-state index contributed by atoms with van der Waals surface area (Å²) in [6, 6.07) is 0. The van der Waals surface area contributed by atoms with Gasteiger partial charge in [-0.25, -0.2) is 4.98 Å². The molecule has 2 rings (SSSR count). The number of nitrogens with zero attached hydrogens (tertiary/aromatic N) is 6. The van der Waals surface area contributed by atoms with Gasteiger partial charge in [0.1, 0.15) is 0 Å². The number of ether oxygens (including phenoxy) is 1. The standard InChI is InChI=1S/C11H11BN7O4/c12-15-6-23-7(20)3-1-2-4-19-11(22)18-5-14-8(9(13)21)10(18)16-17-19/h1-2,5H,3-4,6H2,(H2,13,21)/b2-1-. The fourth-order valence-corrected chi connectivity index (χ4v) is 1.65. The van der Waals surface area contributed by atoms with Crippen molar-refractivity contribution in [2.45, 2.75) is 13.0 Å². The third-order valence-corrected chi connectivity index (χ3v) is 2.68. The van der Waals surface area contributed by atoms with E-state index >= 15 is 0 Å². The van der Waals surface area contributed by atoms with Crippen molar-refractivity contribution < 1.29 is 14.3 Å². The van der Waals surface area contributed by atoms with E-state index in [4.69, 9.17) is 13.4 Å². The first-order valence-electron chi connectivity index (χ1n) is 6.32. The quantitative estimate of drug-likeness (QED) is 0.359. The van der Waals surface area contributed by atoms with Gasteiger partial charge < -0.3 is 5.73 Å². The molecule has 0 aliphatic heterocycles. The van der Waals surface area contributed by atoms with E-state index in [1.54, 1.807) is 0 Å². The summed E-state index contributed by atoms with van der Waals surface area (Å²) >= 11 is 0. The molecule has 12 heteroatoms. The van der Waals surface area contributed by atoms with Crippen LogP contribution in [0.1, 0.15) is 16.9 Å². The molecule has 23 heavy (non-hydrogen) atoms. The van der Waals surface area contributed by atoms with Crippen LogP contribution in [0.3, 0.4) is 0 Å². The van der Waals surface area contributed by atoms with E-state index in [1.807, 2.05) is 0 Å². The van der Waals surface area contributed by atoms with Crippen molar-refractivity contribution in [3.8, 4) is 0 Å². The Bertz CT molecular complexity index is 841. The van der Waals surface area contributed by atoms with Gasteiger partial charge in [-0.15, -0.1) is 0 Å². The second-order valence-corrected chi connectivity index (χ2v) is 4.21. The van der Waals surface area contributed by atoms with Crippen LogP contribution >= 0.6 is 0 Å². The third-order valence-electron chi connectivity index (χ3n) is 2.68. The Balaban J connectivity index is 2.08.